The number of benzene rings is 2. The Morgan fingerprint density at radius 3 is 2.47 bits per heavy atom. The zero-order valence-electron chi connectivity index (χ0n) is 10.2. The van der Waals surface area contributed by atoms with E-state index in [1.54, 1.807) is 11.8 Å². The van der Waals surface area contributed by atoms with Crippen LogP contribution in [0.15, 0.2) is 57.9 Å². The highest BCUT2D eigenvalue weighted by molar-refractivity contribution is 14.1. The number of aliphatic hydroxyl groups is 1. The molecule has 2 aromatic rings. The number of aliphatic hydroxyl groups excluding tert-OH is 1. The molecule has 0 fully saturated rings. The van der Waals surface area contributed by atoms with E-state index in [0.717, 1.165) is 4.47 Å². The van der Waals surface area contributed by atoms with Gasteiger partial charge in [0, 0.05) is 18.7 Å². The fraction of sp³-hybridized carbons (Fsp3) is 0.200. The van der Waals surface area contributed by atoms with E-state index in [9.17, 15) is 5.11 Å². The van der Waals surface area contributed by atoms with Gasteiger partial charge >= 0.3 is 0 Å². The molecule has 0 aliphatic carbocycles. The second kappa shape index (κ2) is 7.67. The number of hydrogen-bond donors (Lipinski definition) is 1. The van der Waals surface area contributed by atoms with Crippen molar-refractivity contribution < 1.29 is 5.11 Å². The number of thioether (sulfide) groups is 1. The summed E-state index contributed by atoms with van der Waals surface area (Å²) in [5.41, 5.74) is 1.18. The lowest BCUT2D eigenvalue weighted by molar-refractivity contribution is 0.200. The summed E-state index contributed by atoms with van der Waals surface area (Å²) in [5, 5.41) is 10.1. The first-order valence-electron chi connectivity index (χ1n) is 5.95. The summed E-state index contributed by atoms with van der Waals surface area (Å²) >= 11 is 7.48. The van der Waals surface area contributed by atoms with E-state index in [1.807, 2.05) is 18.2 Å². The van der Waals surface area contributed by atoms with Crippen molar-refractivity contribution in [2.75, 3.05) is 5.75 Å². The minimum atomic E-state index is -0.322. The van der Waals surface area contributed by atoms with Gasteiger partial charge in [0.1, 0.15) is 0 Å². The molecule has 1 unspecified atom stereocenters. The van der Waals surface area contributed by atoms with Crippen LogP contribution >= 0.6 is 50.3 Å². The van der Waals surface area contributed by atoms with Gasteiger partial charge in [-0.3, -0.25) is 0 Å². The van der Waals surface area contributed by atoms with Crippen LogP contribution in [0.3, 0.4) is 0 Å². The van der Waals surface area contributed by atoms with Crippen LogP contribution in [-0.2, 0) is 6.42 Å². The summed E-state index contributed by atoms with van der Waals surface area (Å²) in [4.78, 5) is 1.17. The van der Waals surface area contributed by atoms with Crippen LogP contribution in [0.25, 0.3) is 0 Å². The van der Waals surface area contributed by atoms with E-state index in [0.29, 0.717) is 12.2 Å². The summed E-state index contributed by atoms with van der Waals surface area (Å²) < 4.78 is 2.31. The summed E-state index contributed by atoms with van der Waals surface area (Å²) in [6.07, 6.45) is 0.381. The quantitative estimate of drug-likeness (QED) is 0.526. The molecule has 19 heavy (non-hydrogen) atoms. The van der Waals surface area contributed by atoms with Crippen LogP contribution < -0.4 is 0 Å². The van der Waals surface area contributed by atoms with Crippen LogP contribution in [0.4, 0.5) is 0 Å². The minimum absolute atomic E-state index is 0.322. The van der Waals surface area contributed by atoms with Crippen molar-refractivity contribution in [1.82, 2.24) is 0 Å². The van der Waals surface area contributed by atoms with Crippen molar-refractivity contribution in [2.24, 2.45) is 0 Å². The average Bonchev–Trinajstić information content (AvgIpc) is 2.40. The van der Waals surface area contributed by atoms with E-state index in [1.165, 1.54) is 14.0 Å². The molecule has 0 bridgehead atoms. The van der Waals surface area contributed by atoms with Gasteiger partial charge in [-0.05, 0) is 74.8 Å². The van der Waals surface area contributed by atoms with Crippen LogP contribution in [0.5, 0.6) is 0 Å². The SMILES string of the molecule is OC(CSc1ccccc1Br)Cc1ccc(I)cc1. The maximum atomic E-state index is 10.1. The van der Waals surface area contributed by atoms with E-state index in [4.69, 9.17) is 0 Å². The van der Waals surface area contributed by atoms with Gasteiger partial charge in [0.05, 0.1) is 6.10 Å². The van der Waals surface area contributed by atoms with Gasteiger partial charge in [-0.1, -0.05) is 24.3 Å². The molecule has 1 nitrogen and oxygen atoms in total. The molecule has 0 saturated carbocycles. The lowest BCUT2D eigenvalue weighted by Crippen LogP contribution is -2.13. The highest BCUT2D eigenvalue weighted by Gasteiger charge is 2.08. The maximum absolute atomic E-state index is 10.1. The molecule has 0 aliphatic rings. The Morgan fingerprint density at radius 1 is 1.11 bits per heavy atom. The first-order valence-corrected chi connectivity index (χ1v) is 8.81. The predicted molar refractivity (Wildman–Crippen MR) is 93.7 cm³/mol. The molecule has 2 rings (SSSR count). The third-order valence-electron chi connectivity index (χ3n) is 2.65. The van der Waals surface area contributed by atoms with Gasteiger partial charge in [-0.25, -0.2) is 0 Å². The van der Waals surface area contributed by atoms with E-state index >= 15 is 0 Å². The molecule has 1 N–H and O–H groups in total. The highest BCUT2D eigenvalue weighted by atomic mass is 127. The zero-order valence-corrected chi connectivity index (χ0v) is 14.8. The van der Waals surface area contributed by atoms with Gasteiger partial charge in [0.15, 0.2) is 0 Å². The topological polar surface area (TPSA) is 20.2 Å². The van der Waals surface area contributed by atoms with Crippen molar-refractivity contribution in [3.8, 4) is 0 Å². The molecule has 100 valence electrons. The lowest BCUT2D eigenvalue weighted by Gasteiger charge is -2.11. The summed E-state index contributed by atoms with van der Waals surface area (Å²) in [7, 11) is 0. The fourth-order valence-corrected chi connectivity index (χ4v) is 3.56. The minimum Gasteiger partial charge on any atom is -0.392 e. The Labute approximate surface area is 140 Å². The molecule has 2 aromatic carbocycles. The molecule has 0 amide bonds. The van der Waals surface area contributed by atoms with Gasteiger partial charge in [-0.15, -0.1) is 11.8 Å². The molecule has 0 saturated heterocycles. The zero-order chi connectivity index (χ0) is 13.7. The normalized spacial score (nSPS) is 12.4. The molecule has 0 aliphatic heterocycles. The lowest BCUT2D eigenvalue weighted by atomic mass is 10.1. The van der Waals surface area contributed by atoms with Crippen LogP contribution in [0, 0.1) is 3.57 Å². The second-order valence-corrected chi connectivity index (χ2v) is 7.39. The van der Waals surface area contributed by atoms with Gasteiger partial charge in [0.2, 0.25) is 0 Å². The fourth-order valence-electron chi connectivity index (χ4n) is 1.70. The molecule has 4 heteroatoms. The highest BCUT2D eigenvalue weighted by Crippen LogP contribution is 2.27. The summed E-state index contributed by atoms with van der Waals surface area (Å²) in [6.45, 7) is 0. The molecule has 0 aromatic heterocycles. The average molecular weight is 449 g/mol. The standard InChI is InChI=1S/C15H14BrIOS/c16-14-3-1-2-4-15(14)19-10-13(18)9-11-5-7-12(17)8-6-11/h1-8,13,18H,9-10H2. The Hall–Kier alpha value is -0.0400. The van der Waals surface area contributed by atoms with E-state index < -0.39 is 0 Å². The monoisotopic (exact) mass is 448 g/mol. The van der Waals surface area contributed by atoms with Crippen LogP contribution in [0.2, 0.25) is 0 Å². The van der Waals surface area contributed by atoms with Crippen LogP contribution in [-0.4, -0.2) is 17.0 Å². The van der Waals surface area contributed by atoms with Gasteiger partial charge in [-0.2, -0.15) is 0 Å². The van der Waals surface area contributed by atoms with Crippen molar-refractivity contribution in [3.63, 3.8) is 0 Å². The Morgan fingerprint density at radius 2 is 1.79 bits per heavy atom. The number of rotatable bonds is 5. The van der Waals surface area contributed by atoms with E-state index in [2.05, 4.69) is 68.9 Å². The van der Waals surface area contributed by atoms with Crippen LogP contribution in [0.1, 0.15) is 5.56 Å². The number of halogens is 2. The van der Waals surface area contributed by atoms with Crippen molar-refractivity contribution in [1.29, 1.82) is 0 Å². The molecule has 0 radical (unpaired) electrons. The first-order chi connectivity index (χ1) is 9.15. The van der Waals surface area contributed by atoms with Crippen molar-refractivity contribution in [3.05, 3.63) is 62.1 Å². The Kier molecular flexibility index (Phi) is 6.19. The predicted octanol–water partition coefficient (Wildman–Crippen LogP) is 4.75. The van der Waals surface area contributed by atoms with E-state index in [-0.39, 0.29) is 6.10 Å². The van der Waals surface area contributed by atoms with Crippen molar-refractivity contribution >= 4 is 50.3 Å². The van der Waals surface area contributed by atoms with Gasteiger partial charge < -0.3 is 5.11 Å². The summed E-state index contributed by atoms with van der Waals surface area (Å²) in [5.74, 6) is 0.703. The second-order valence-electron chi connectivity index (χ2n) is 4.23. The van der Waals surface area contributed by atoms with Gasteiger partial charge in [0.25, 0.3) is 0 Å². The molecule has 0 spiro atoms. The molecule has 0 heterocycles. The maximum Gasteiger partial charge on any atom is 0.0674 e. The van der Waals surface area contributed by atoms with Crippen molar-refractivity contribution in [2.45, 2.75) is 17.4 Å². The first kappa shape index (κ1) is 15.4. The largest absolute Gasteiger partial charge is 0.392 e. The third-order valence-corrected chi connectivity index (χ3v) is 5.54. The molecule has 1 atom stereocenters. The smallest absolute Gasteiger partial charge is 0.0674 e. The summed E-state index contributed by atoms with van der Waals surface area (Å²) in [6, 6.07) is 16.4. The third kappa shape index (κ3) is 5.10. The molecular formula is C15H14BrIOS. The Balaban J connectivity index is 1.86. The molecular weight excluding hydrogens is 435 g/mol. The Bertz CT molecular complexity index is 530. The number of hydrogen-bond acceptors (Lipinski definition) is 2.